The molecule has 0 saturated carbocycles. The molecule has 1 aliphatic rings. The molecule has 0 bridgehead atoms. The molecule has 0 radical (unpaired) electrons. The van der Waals surface area contributed by atoms with Gasteiger partial charge in [-0.05, 0) is 18.1 Å². The molecule has 62 valence electrons. The summed E-state index contributed by atoms with van der Waals surface area (Å²) in [6.07, 6.45) is 1.99. The number of rotatable bonds is 1. The summed E-state index contributed by atoms with van der Waals surface area (Å²) < 4.78 is 0. The van der Waals surface area contributed by atoms with Crippen molar-refractivity contribution >= 4 is 12.0 Å². The van der Waals surface area contributed by atoms with E-state index in [0.717, 1.165) is 30.5 Å². The Labute approximate surface area is 71.8 Å². The molecule has 1 aromatic rings. The van der Waals surface area contributed by atoms with E-state index in [1.54, 1.807) is 0 Å². The van der Waals surface area contributed by atoms with Gasteiger partial charge < -0.3 is 4.90 Å². The Morgan fingerprint density at radius 1 is 1.50 bits per heavy atom. The van der Waals surface area contributed by atoms with Crippen LogP contribution >= 0.6 is 0 Å². The van der Waals surface area contributed by atoms with Gasteiger partial charge in [-0.2, -0.15) is 0 Å². The van der Waals surface area contributed by atoms with Gasteiger partial charge in [0.2, 0.25) is 0 Å². The molecule has 1 aliphatic heterocycles. The van der Waals surface area contributed by atoms with Crippen LogP contribution < -0.4 is 4.90 Å². The lowest BCUT2D eigenvalue weighted by Gasteiger charge is -2.13. The Bertz CT molecular complexity index is 320. The lowest BCUT2D eigenvalue weighted by Crippen LogP contribution is -2.13. The number of aldehydes is 1. The second-order valence-corrected chi connectivity index (χ2v) is 3.14. The van der Waals surface area contributed by atoms with Crippen molar-refractivity contribution in [1.29, 1.82) is 0 Å². The van der Waals surface area contributed by atoms with Crippen LogP contribution in [-0.2, 0) is 6.42 Å². The molecule has 12 heavy (non-hydrogen) atoms. The predicted octanol–water partition coefficient (Wildman–Crippen LogP) is 1.49. The summed E-state index contributed by atoms with van der Waals surface area (Å²) >= 11 is 0. The van der Waals surface area contributed by atoms with Crippen LogP contribution in [0.4, 0.5) is 5.69 Å². The van der Waals surface area contributed by atoms with Crippen molar-refractivity contribution in [3.63, 3.8) is 0 Å². The molecular formula is C10H11NO. The highest BCUT2D eigenvalue weighted by Crippen LogP contribution is 2.29. The Kier molecular flexibility index (Phi) is 1.61. The maximum atomic E-state index is 10.7. The van der Waals surface area contributed by atoms with Gasteiger partial charge in [0.15, 0.2) is 6.29 Å². The zero-order chi connectivity index (χ0) is 8.55. The topological polar surface area (TPSA) is 20.3 Å². The highest BCUT2D eigenvalue weighted by Gasteiger charge is 2.17. The van der Waals surface area contributed by atoms with E-state index in [1.807, 2.05) is 19.2 Å². The summed E-state index contributed by atoms with van der Waals surface area (Å²) in [5, 5.41) is 0. The predicted molar refractivity (Wildman–Crippen MR) is 48.8 cm³/mol. The quantitative estimate of drug-likeness (QED) is 0.581. The molecule has 2 nitrogen and oxygen atoms in total. The standard InChI is InChI=1S/C10H11NO/c1-11-6-5-8-3-2-4-9(7-12)10(8)11/h2-4,7H,5-6H2,1H3. The SMILES string of the molecule is CN1CCc2cccc(C=O)c21. The van der Waals surface area contributed by atoms with E-state index in [1.165, 1.54) is 5.56 Å². The smallest absolute Gasteiger partial charge is 0.152 e. The van der Waals surface area contributed by atoms with Crippen molar-refractivity contribution in [2.75, 3.05) is 18.5 Å². The number of benzene rings is 1. The molecule has 0 atom stereocenters. The molecule has 0 unspecified atom stereocenters. The lowest BCUT2D eigenvalue weighted by molar-refractivity contribution is 0.112. The number of nitrogens with zero attached hydrogens (tertiary/aromatic N) is 1. The minimum Gasteiger partial charge on any atom is -0.373 e. The zero-order valence-electron chi connectivity index (χ0n) is 7.08. The molecule has 0 amide bonds. The lowest BCUT2D eigenvalue weighted by atomic mass is 10.1. The molecule has 1 aromatic carbocycles. The van der Waals surface area contributed by atoms with Crippen LogP contribution in [0.5, 0.6) is 0 Å². The van der Waals surface area contributed by atoms with Crippen LogP contribution in [0.3, 0.4) is 0 Å². The Morgan fingerprint density at radius 3 is 3.08 bits per heavy atom. The second kappa shape index (κ2) is 2.63. The third-order valence-electron chi connectivity index (χ3n) is 2.38. The molecule has 0 spiro atoms. The number of carbonyl (C=O) groups is 1. The van der Waals surface area contributed by atoms with E-state index in [9.17, 15) is 4.79 Å². The summed E-state index contributed by atoms with van der Waals surface area (Å²) in [6.45, 7) is 1.03. The average Bonchev–Trinajstić information content (AvgIpc) is 2.48. The largest absolute Gasteiger partial charge is 0.373 e. The number of anilines is 1. The van der Waals surface area contributed by atoms with Gasteiger partial charge in [-0.1, -0.05) is 12.1 Å². The molecule has 0 aliphatic carbocycles. The first-order valence-electron chi connectivity index (χ1n) is 4.11. The van der Waals surface area contributed by atoms with Crippen molar-refractivity contribution in [1.82, 2.24) is 0 Å². The van der Waals surface area contributed by atoms with E-state index < -0.39 is 0 Å². The van der Waals surface area contributed by atoms with Crippen LogP contribution in [0.25, 0.3) is 0 Å². The van der Waals surface area contributed by atoms with E-state index in [-0.39, 0.29) is 0 Å². The van der Waals surface area contributed by atoms with Crippen molar-refractivity contribution in [2.45, 2.75) is 6.42 Å². The van der Waals surface area contributed by atoms with Crippen LogP contribution in [0.1, 0.15) is 15.9 Å². The Balaban J connectivity index is 2.60. The van der Waals surface area contributed by atoms with E-state index in [2.05, 4.69) is 11.0 Å². The molecule has 0 aromatic heterocycles. The molecule has 2 heteroatoms. The number of hydrogen-bond donors (Lipinski definition) is 0. The van der Waals surface area contributed by atoms with Crippen LogP contribution in [0.15, 0.2) is 18.2 Å². The number of carbonyl (C=O) groups excluding carboxylic acids is 1. The van der Waals surface area contributed by atoms with Gasteiger partial charge >= 0.3 is 0 Å². The highest BCUT2D eigenvalue weighted by atomic mass is 16.1. The minimum atomic E-state index is 0.813. The van der Waals surface area contributed by atoms with Gasteiger partial charge in [0, 0.05) is 19.2 Å². The van der Waals surface area contributed by atoms with Crippen molar-refractivity contribution in [2.24, 2.45) is 0 Å². The molecule has 0 N–H and O–H groups in total. The Morgan fingerprint density at radius 2 is 2.33 bits per heavy atom. The van der Waals surface area contributed by atoms with Crippen molar-refractivity contribution in [3.8, 4) is 0 Å². The van der Waals surface area contributed by atoms with Gasteiger partial charge in [-0.15, -0.1) is 0 Å². The van der Waals surface area contributed by atoms with Crippen molar-refractivity contribution < 1.29 is 4.79 Å². The van der Waals surface area contributed by atoms with E-state index in [4.69, 9.17) is 0 Å². The molecule has 0 saturated heterocycles. The third kappa shape index (κ3) is 0.916. The first-order valence-corrected chi connectivity index (χ1v) is 4.11. The number of hydrogen-bond acceptors (Lipinski definition) is 2. The third-order valence-corrected chi connectivity index (χ3v) is 2.38. The molecule has 2 rings (SSSR count). The van der Waals surface area contributed by atoms with Gasteiger partial charge in [0.05, 0.1) is 5.69 Å². The second-order valence-electron chi connectivity index (χ2n) is 3.14. The first kappa shape index (κ1) is 7.35. The summed E-state index contributed by atoms with van der Waals surface area (Å²) in [6, 6.07) is 5.90. The molecule has 1 heterocycles. The fourth-order valence-corrected chi connectivity index (χ4v) is 1.77. The van der Waals surface area contributed by atoms with E-state index in [0.29, 0.717) is 0 Å². The fraction of sp³-hybridized carbons (Fsp3) is 0.300. The maximum Gasteiger partial charge on any atom is 0.152 e. The monoisotopic (exact) mass is 161 g/mol. The summed E-state index contributed by atoms with van der Waals surface area (Å²) in [5.74, 6) is 0. The summed E-state index contributed by atoms with van der Waals surface area (Å²) in [4.78, 5) is 12.8. The first-order chi connectivity index (χ1) is 5.83. The average molecular weight is 161 g/mol. The molecule has 0 fully saturated rings. The van der Waals surface area contributed by atoms with Crippen molar-refractivity contribution in [3.05, 3.63) is 29.3 Å². The van der Waals surface area contributed by atoms with Crippen LogP contribution in [0, 0.1) is 0 Å². The van der Waals surface area contributed by atoms with Crippen LogP contribution in [-0.4, -0.2) is 19.9 Å². The van der Waals surface area contributed by atoms with Gasteiger partial charge in [0.1, 0.15) is 0 Å². The number of likely N-dealkylation sites (N-methyl/N-ethyl adjacent to an activating group) is 1. The normalized spacial score (nSPS) is 14.6. The zero-order valence-corrected chi connectivity index (χ0v) is 7.08. The minimum absolute atomic E-state index is 0.813. The van der Waals surface area contributed by atoms with Gasteiger partial charge in [-0.3, -0.25) is 4.79 Å². The fourth-order valence-electron chi connectivity index (χ4n) is 1.77. The highest BCUT2D eigenvalue weighted by molar-refractivity contribution is 5.86. The van der Waals surface area contributed by atoms with Crippen LogP contribution in [0.2, 0.25) is 0 Å². The van der Waals surface area contributed by atoms with Gasteiger partial charge in [-0.25, -0.2) is 0 Å². The van der Waals surface area contributed by atoms with Gasteiger partial charge in [0.25, 0.3) is 0 Å². The number of para-hydroxylation sites is 1. The Hall–Kier alpha value is -1.31. The summed E-state index contributed by atoms with van der Waals surface area (Å²) in [5.41, 5.74) is 3.22. The van der Waals surface area contributed by atoms with E-state index >= 15 is 0 Å². The maximum absolute atomic E-state index is 10.7. The number of fused-ring (bicyclic) bond motifs is 1. The summed E-state index contributed by atoms with van der Waals surface area (Å²) in [7, 11) is 2.03. The molecular weight excluding hydrogens is 150 g/mol.